The molecule has 2 N–H and O–H groups in total. The molecule has 0 radical (unpaired) electrons. The molecule has 1 aromatic heterocycles. The Morgan fingerprint density at radius 3 is 2.43 bits per heavy atom. The van der Waals surface area contributed by atoms with Gasteiger partial charge in [-0.25, -0.2) is 9.78 Å². The number of aliphatic carboxylic acids is 1. The average molecular weight is 332 g/mol. The number of nitrogens with one attached hydrogen (secondary N) is 1. The second-order valence-corrected chi connectivity index (χ2v) is 5.89. The zero-order valence-electron chi connectivity index (χ0n) is 13.4. The lowest BCUT2D eigenvalue weighted by atomic mass is 10.2. The van der Waals surface area contributed by atoms with Crippen LogP contribution in [0.25, 0.3) is 6.08 Å². The van der Waals surface area contributed by atoms with Crippen LogP contribution in [0.2, 0.25) is 0 Å². The number of rotatable bonds is 7. The largest absolute Gasteiger partial charge is 0.477 e. The van der Waals surface area contributed by atoms with Gasteiger partial charge in [-0.1, -0.05) is 12.1 Å². The number of benzene rings is 1. The molecule has 2 aromatic rings. The lowest BCUT2D eigenvalue weighted by Gasteiger charge is -2.20. The molecule has 0 atom stereocenters. The van der Waals surface area contributed by atoms with Crippen molar-refractivity contribution in [3.8, 4) is 0 Å². The third kappa shape index (κ3) is 4.59. The van der Waals surface area contributed by atoms with E-state index < -0.39 is 5.97 Å². The van der Waals surface area contributed by atoms with E-state index in [1.165, 1.54) is 0 Å². The van der Waals surface area contributed by atoms with Crippen molar-refractivity contribution >= 4 is 29.5 Å². The van der Waals surface area contributed by atoms with Crippen molar-refractivity contribution < 1.29 is 9.90 Å². The van der Waals surface area contributed by atoms with Gasteiger partial charge in [-0.2, -0.15) is 0 Å². The Balaban J connectivity index is 2.20. The number of thioether (sulfide) groups is 1. The number of aryl methyl sites for hydroxylation is 1. The highest BCUT2D eigenvalue weighted by atomic mass is 32.2. The van der Waals surface area contributed by atoms with Gasteiger partial charge in [0.2, 0.25) is 5.16 Å². The number of carboxylic acids is 1. The summed E-state index contributed by atoms with van der Waals surface area (Å²) in [6, 6.07) is 7.83. The Hall–Kier alpha value is -2.28. The maximum absolute atomic E-state index is 11.4. The molecule has 0 bridgehead atoms. The predicted octanol–water partition coefficient (Wildman–Crippen LogP) is 3.18. The highest BCUT2D eigenvalue weighted by Gasteiger charge is 2.13. The summed E-state index contributed by atoms with van der Waals surface area (Å²) in [7, 11) is 0. The lowest BCUT2D eigenvalue weighted by molar-refractivity contribution is -0.131. The molecule has 0 saturated heterocycles. The van der Waals surface area contributed by atoms with Gasteiger partial charge in [0, 0.05) is 18.8 Å². The van der Waals surface area contributed by atoms with Crippen molar-refractivity contribution in [2.45, 2.75) is 25.9 Å². The van der Waals surface area contributed by atoms with Crippen molar-refractivity contribution in [2.75, 3.05) is 18.0 Å². The summed E-state index contributed by atoms with van der Waals surface area (Å²) in [6.07, 6.45) is 1.63. The maximum Gasteiger partial charge on any atom is 0.342 e. The normalized spacial score (nSPS) is 11.5. The second kappa shape index (κ2) is 7.82. The fraction of sp³-hybridized carbons (Fsp3) is 0.312. The predicted molar refractivity (Wildman–Crippen MR) is 92.6 cm³/mol. The molecule has 1 aromatic carbocycles. The molecule has 7 heteroatoms. The first-order valence-electron chi connectivity index (χ1n) is 7.40. The molecule has 0 amide bonds. The van der Waals surface area contributed by atoms with Crippen LogP contribution in [0.5, 0.6) is 0 Å². The Labute approximate surface area is 139 Å². The summed E-state index contributed by atoms with van der Waals surface area (Å²) in [5.74, 6) is -0.342. The number of hydrogen-bond donors (Lipinski definition) is 2. The quantitative estimate of drug-likeness (QED) is 0.598. The van der Waals surface area contributed by atoms with E-state index in [0.717, 1.165) is 36.1 Å². The number of carbonyl (C=O) groups is 1. The zero-order valence-corrected chi connectivity index (χ0v) is 14.2. The van der Waals surface area contributed by atoms with Crippen LogP contribution < -0.4 is 4.90 Å². The highest BCUT2D eigenvalue weighted by Crippen LogP contribution is 2.26. The molecular formula is C16H20N4O2S. The first-order chi connectivity index (χ1) is 11.0. The van der Waals surface area contributed by atoms with Crippen LogP contribution in [-0.2, 0) is 4.79 Å². The van der Waals surface area contributed by atoms with Gasteiger partial charge < -0.3 is 10.0 Å². The van der Waals surface area contributed by atoms with Crippen LogP contribution in [0, 0.1) is 6.92 Å². The van der Waals surface area contributed by atoms with Crippen molar-refractivity contribution in [1.29, 1.82) is 0 Å². The molecule has 2 rings (SSSR count). The Morgan fingerprint density at radius 2 is 1.96 bits per heavy atom. The van der Waals surface area contributed by atoms with Gasteiger partial charge >= 0.3 is 5.97 Å². The van der Waals surface area contributed by atoms with E-state index in [2.05, 4.69) is 33.9 Å². The third-order valence-electron chi connectivity index (χ3n) is 3.31. The van der Waals surface area contributed by atoms with Gasteiger partial charge in [-0.15, -0.1) is 5.10 Å². The molecule has 0 aliphatic carbocycles. The van der Waals surface area contributed by atoms with Crippen LogP contribution in [-0.4, -0.2) is 39.3 Å². The van der Waals surface area contributed by atoms with Gasteiger partial charge in [0.25, 0.3) is 0 Å². The second-order valence-electron chi connectivity index (χ2n) is 4.88. The first-order valence-corrected chi connectivity index (χ1v) is 8.22. The number of aromatic amines is 1. The lowest BCUT2D eigenvalue weighted by Crippen LogP contribution is -2.21. The minimum absolute atomic E-state index is 0.180. The highest BCUT2D eigenvalue weighted by molar-refractivity contribution is 8.04. The number of nitrogens with zero attached hydrogens (tertiary/aromatic N) is 3. The van der Waals surface area contributed by atoms with Gasteiger partial charge in [0.05, 0.1) is 0 Å². The van der Waals surface area contributed by atoms with Gasteiger partial charge in [-0.05, 0) is 56.3 Å². The molecule has 23 heavy (non-hydrogen) atoms. The molecule has 0 saturated carbocycles. The molecule has 0 unspecified atom stereocenters. The maximum atomic E-state index is 11.4. The minimum Gasteiger partial charge on any atom is -0.477 e. The summed E-state index contributed by atoms with van der Waals surface area (Å²) in [5.41, 5.74) is 1.96. The van der Waals surface area contributed by atoms with Crippen molar-refractivity contribution in [1.82, 2.24) is 15.2 Å². The number of aromatic nitrogens is 3. The number of hydrogen-bond acceptors (Lipinski definition) is 5. The van der Waals surface area contributed by atoms with E-state index in [1.54, 1.807) is 13.0 Å². The van der Waals surface area contributed by atoms with E-state index in [4.69, 9.17) is 0 Å². The molecule has 1 heterocycles. The van der Waals surface area contributed by atoms with Crippen molar-refractivity contribution in [2.24, 2.45) is 0 Å². The standard InChI is InChI=1S/C16H20N4O2S/c1-4-20(5-2)13-8-6-12(7-9-13)10-14(15(21)22)23-16-17-11(3)18-19-16/h6-10H,4-5H2,1-3H3,(H,21,22)(H,17,18,19)/b14-10-. The molecule has 6 nitrogen and oxygen atoms in total. The molecular weight excluding hydrogens is 312 g/mol. The number of H-pyrrole nitrogens is 1. The van der Waals surface area contributed by atoms with Crippen molar-refractivity contribution in [3.05, 3.63) is 40.6 Å². The summed E-state index contributed by atoms with van der Waals surface area (Å²) >= 11 is 1.03. The van der Waals surface area contributed by atoms with Crippen LogP contribution in [0.4, 0.5) is 5.69 Å². The van der Waals surface area contributed by atoms with Crippen LogP contribution in [0.15, 0.2) is 34.3 Å². The van der Waals surface area contributed by atoms with E-state index in [-0.39, 0.29) is 4.91 Å². The topological polar surface area (TPSA) is 82.1 Å². The molecule has 0 aliphatic heterocycles. The Morgan fingerprint density at radius 1 is 1.30 bits per heavy atom. The minimum atomic E-state index is -0.995. The molecule has 0 aliphatic rings. The van der Waals surface area contributed by atoms with Gasteiger partial charge in [0.15, 0.2) is 0 Å². The molecule has 122 valence electrons. The van der Waals surface area contributed by atoms with Crippen LogP contribution in [0.1, 0.15) is 25.2 Å². The first kappa shape index (κ1) is 17.1. The number of anilines is 1. The monoisotopic (exact) mass is 332 g/mol. The summed E-state index contributed by atoms with van der Waals surface area (Å²) in [5, 5.41) is 16.4. The average Bonchev–Trinajstić information content (AvgIpc) is 2.94. The van der Waals surface area contributed by atoms with E-state index in [0.29, 0.717) is 11.0 Å². The zero-order chi connectivity index (χ0) is 16.8. The fourth-order valence-corrected chi connectivity index (χ4v) is 2.88. The van der Waals surface area contributed by atoms with Crippen LogP contribution >= 0.6 is 11.8 Å². The smallest absolute Gasteiger partial charge is 0.342 e. The Kier molecular flexibility index (Phi) is 5.81. The SMILES string of the molecule is CCN(CC)c1ccc(/C=C(\Sc2n[nH]c(C)n2)C(=O)O)cc1. The van der Waals surface area contributed by atoms with Crippen LogP contribution in [0.3, 0.4) is 0 Å². The van der Waals surface area contributed by atoms with Gasteiger partial charge in [0.1, 0.15) is 10.7 Å². The van der Waals surface area contributed by atoms with Gasteiger partial charge in [-0.3, -0.25) is 5.10 Å². The third-order valence-corrected chi connectivity index (χ3v) is 4.19. The summed E-state index contributed by atoms with van der Waals surface area (Å²) in [4.78, 5) is 18.0. The fourth-order valence-electron chi connectivity index (χ4n) is 2.12. The summed E-state index contributed by atoms with van der Waals surface area (Å²) in [6.45, 7) is 7.86. The molecule has 0 fully saturated rings. The summed E-state index contributed by atoms with van der Waals surface area (Å²) < 4.78 is 0. The van der Waals surface area contributed by atoms with E-state index >= 15 is 0 Å². The van der Waals surface area contributed by atoms with Crippen molar-refractivity contribution in [3.63, 3.8) is 0 Å². The van der Waals surface area contributed by atoms with E-state index in [9.17, 15) is 9.90 Å². The van der Waals surface area contributed by atoms with E-state index in [1.807, 2.05) is 24.3 Å². The Bertz CT molecular complexity index is 690. The number of carboxylic acid groups (broad SMARTS) is 1. The molecule has 0 spiro atoms.